The number of thiophene rings is 1. The van der Waals surface area contributed by atoms with Gasteiger partial charge < -0.3 is 5.73 Å². The standard InChI is InChI=1S/C17H27NS/c1-11-7-12(2)9-14(8-11)17(18)16-10-13-5-3-4-6-15(13)19-16/h10-12,14,17H,3-9,18H2,1-2H3. The molecule has 2 aliphatic carbocycles. The molecule has 1 aromatic heterocycles. The van der Waals surface area contributed by atoms with Crippen molar-refractivity contribution in [3.8, 4) is 0 Å². The zero-order chi connectivity index (χ0) is 13.4. The highest BCUT2D eigenvalue weighted by Crippen LogP contribution is 2.41. The molecule has 106 valence electrons. The van der Waals surface area contributed by atoms with Crippen molar-refractivity contribution in [2.45, 2.75) is 64.8 Å². The van der Waals surface area contributed by atoms with Crippen LogP contribution in [-0.2, 0) is 12.8 Å². The molecular formula is C17H27NS. The van der Waals surface area contributed by atoms with Gasteiger partial charge in [-0.2, -0.15) is 0 Å². The Labute approximate surface area is 121 Å². The molecule has 3 unspecified atom stereocenters. The zero-order valence-electron chi connectivity index (χ0n) is 12.3. The third kappa shape index (κ3) is 2.90. The number of hydrogen-bond donors (Lipinski definition) is 1. The van der Waals surface area contributed by atoms with Crippen LogP contribution >= 0.6 is 11.3 Å². The van der Waals surface area contributed by atoms with Gasteiger partial charge in [-0.25, -0.2) is 0 Å². The van der Waals surface area contributed by atoms with Crippen LogP contribution in [0.3, 0.4) is 0 Å². The van der Waals surface area contributed by atoms with Crippen molar-refractivity contribution in [1.29, 1.82) is 0 Å². The van der Waals surface area contributed by atoms with E-state index < -0.39 is 0 Å². The Bertz CT molecular complexity index is 403. The minimum atomic E-state index is 0.292. The largest absolute Gasteiger partial charge is 0.323 e. The fraction of sp³-hybridized carbons (Fsp3) is 0.765. The molecule has 0 spiro atoms. The number of nitrogens with two attached hydrogens (primary N) is 1. The van der Waals surface area contributed by atoms with Gasteiger partial charge in [0.15, 0.2) is 0 Å². The maximum Gasteiger partial charge on any atom is 0.0418 e. The molecule has 2 aliphatic rings. The predicted molar refractivity (Wildman–Crippen MR) is 83.6 cm³/mol. The first-order valence-electron chi connectivity index (χ1n) is 8.00. The lowest BCUT2D eigenvalue weighted by molar-refractivity contribution is 0.194. The van der Waals surface area contributed by atoms with Gasteiger partial charge >= 0.3 is 0 Å². The minimum Gasteiger partial charge on any atom is -0.323 e. The summed E-state index contributed by atoms with van der Waals surface area (Å²) in [5.74, 6) is 2.42. The first kappa shape index (κ1) is 13.6. The van der Waals surface area contributed by atoms with Gasteiger partial charge in [0.1, 0.15) is 0 Å². The molecule has 2 N–H and O–H groups in total. The maximum atomic E-state index is 6.62. The fourth-order valence-electron chi connectivity index (χ4n) is 4.21. The van der Waals surface area contributed by atoms with E-state index in [0.717, 1.165) is 11.8 Å². The Balaban J connectivity index is 1.75. The van der Waals surface area contributed by atoms with Crippen molar-refractivity contribution in [1.82, 2.24) is 0 Å². The Hall–Kier alpha value is -0.340. The lowest BCUT2D eigenvalue weighted by Gasteiger charge is -2.34. The normalized spacial score (nSPS) is 32.9. The molecular weight excluding hydrogens is 250 g/mol. The van der Waals surface area contributed by atoms with E-state index in [-0.39, 0.29) is 0 Å². The van der Waals surface area contributed by atoms with Crippen LogP contribution < -0.4 is 5.73 Å². The third-order valence-electron chi connectivity index (χ3n) is 5.07. The SMILES string of the molecule is CC1CC(C)CC(C(N)c2cc3c(s2)CCCC3)C1. The van der Waals surface area contributed by atoms with Gasteiger partial charge in [0, 0.05) is 15.8 Å². The van der Waals surface area contributed by atoms with Gasteiger partial charge in [-0.15, -0.1) is 11.3 Å². The lowest BCUT2D eigenvalue weighted by atomic mass is 9.73. The smallest absolute Gasteiger partial charge is 0.0418 e. The topological polar surface area (TPSA) is 26.0 Å². The maximum absolute atomic E-state index is 6.62. The second kappa shape index (κ2) is 5.57. The van der Waals surface area contributed by atoms with E-state index in [1.54, 1.807) is 10.4 Å². The van der Waals surface area contributed by atoms with E-state index >= 15 is 0 Å². The molecule has 0 amide bonds. The third-order valence-corrected chi connectivity index (χ3v) is 6.41. The molecule has 0 aromatic carbocycles. The number of fused-ring (bicyclic) bond motifs is 1. The van der Waals surface area contributed by atoms with Crippen molar-refractivity contribution >= 4 is 11.3 Å². The average Bonchev–Trinajstić information content (AvgIpc) is 2.80. The molecule has 1 aromatic rings. The first-order valence-corrected chi connectivity index (χ1v) is 8.82. The minimum absolute atomic E-state index is 0.292. The molecule has 1 fully saturated rings. The monoisotopic (exact) mass is 277 g/mol. The van der Waals surface area contributed by atoms with Crippen molar-refractivity contribution in [3.63, 3.8) is 0 Å². The summed E-state index contributed by atoms with van der Waals surface area (Å²) in [7, 11) is 0. The summed E-state index contributed by atoms with van der Waals surface area (Å²) in [6.07, 6.45) is 9.38. The van der Waals surface area contributed by atoms with Gasteiger partial charge in [-0.1, -0.05) is 13.8 Å². The van der Waals surface area contributed by atoms with Gasteiger partial charge in [0.05, 0.1) is 0 Å². The predicted octanol–water partition coefficient (Wildman–Crippen LogP) is 4.70. The first-order chi connectivity index (χ1) is 9.13. The van der Waals surface area contributed by atoms with E-state index in [4.69, 9.17) is 5.73 Å². The molecule has 1 saturated carbocycles. The molecule has 0 bridgehead atoms. The van der Waals surface area contributed by atoms with Crippen LogP contribution in [0.1, 0.15) is 67.3 Å². The molecule has 3 rings (SSSR count). The van der Waals surface area contributed by atoms with Crippen LogP contribution in [0.15, 0.2) is 6.07 Å². The van der Waals surface area contributed by atoms with Gasteiger partial charge in [-0.05, 0) is 74.3 Å². The summed E-state index contributed by atoms with van der Waals surface area (Å²) in [6.45, 7) is 4.80. The van der Waals surface area contributed by atoms with Crippen molar-refractivity contribution in [2.24, 2.45) is 23.5 Å². The summed E-state index contributed by atoms with van der Waals surface area (Å²) >= 11 is 2.01. The van der Waals surface area contributed by atoms with Gasteiger partial charge in [0.2, 0.25) is 0 Å². The second-order valence-corrected chi connectivity index (χ2v) is 8.18. The average molecular weight is 277 g/mol. The molecule has 0 saturated heterocycles. The van der Waals surface area contributed by atoms with E-state index in [2.05, 4.69) is 19.9 Å². The van der Waals surface area contributed by atoms with Crippen LogP contribution in [0.25, 0.3) is 0 Å². The molecule has 2 heteroatoms. The summed E-state index contributed by atoms with van der Waals surface area (Å²) < 4.78 is 0. The Morgan fingerprint density at radius 2 is 1.79 bits per heavy atom. The fourth-order valence-corrected chi connectivity index (χ4v) is 5.57. The van der Waals surface area contributed by atoms with Crippen LogP contribution in [0.5, 0.6) is 0 Å². The highest BCUT2D eigenvalue weighted by atomic mass is 32.1. The van der Waals surface area contributed by atoms with Gasteiger partial charge in [-0.3, -0.25) is 0 Å². The van der Waals surface area contributed by atoms with E-state index in [1.807, 2.05) is 11.3 Å². The van der Waals surface area contributed by atoms with Crippen molar-refractivity contribution in [3.05, 3.63) is 21.4 Å². The summed E-state index contributed by atoms with van der Waals surface area (Å²) in [4.78, 5) is 3.10. The lowest BCUT2D eigenvalue weighted by Crippen LogP contribution is -2.28. The van der Waals surface area contributed by atoms with Crippen LogP contribution in [-0.4, -0.2) is 0 Å². The Morgan fingerprint density at radius 3 is 2.47 bits per heavy atom. The number of rotatable bonds is 2. The summed E-state index contributed by atoms with van der Waals surface area (Å²) in [5, 5.41) is 0. The quantitative estimate of drug-likeness (QED) is 0.833. The number of hydrogen-bond acceptors (Lipinski definition) is 2. The van der Waals surface area contributed by atoms with Crippen LogP contribution in [0.4, 0.5) is 0 Å². The Morgan fingerprint density at radius 1 is 1.11 bits per heavy atom. The zero-order valence-corrected chi connectivity index (χ0v) is 13.1. The second-order valence-electron chi connectivity index (χ2n) is 7.01. The summed E-state index contributed by atoms with van der Waals surface area (Å²) in [6, 6.07) is 2.73. The van der Waals surface area contributed by atoms with Crippen molar-refractivity contribution in [2.75, 3.05) is 0 Å². The van der Waals surface area contributed by atoms with Crippen molar-refractivity contribution < 1.29 is 0 Å². The highest BCUT2D eigenvalue weighted by molar-refractivity contribution is 7.12. The molecule has 0 aliphatic heterocycles. The van der Waals surface area contributed by atoms with E-state index in [9.17, 15) is 0 Å². The molecule has 1 heterocycles. The summed E-state index contributed by atoms with van der Waals surface area (Å²) in [5.41, 5.74) is 8.23. The van der Waals surface area contributed by atoms with Crippen LogP contribution in [0.2, 0.25) is 0 Å². The highest BCUT2D eigenvalue weighted by Gasteiger charge is 2.30. The number of aryl methyl sites for hydroxylation is 2. The molecule has 0 radical (unpaired) electrons. The van der Waals surface area contributed by atoms with Gasteiger partial charge in [0.25, 0.3) is 0 Å². The molecule has 1 nitrogen and oxygen atoms in total. The van der Waals surface area contributed by atoms with E-state index in [1.165, 1.54) is 49.8 Å². The Kier molecular flexibility index (Phi) is 4.00. The molecule has 3 atom stereocenters. The van der Waals surface area contributed by atoms with Crippen LogP contribution in [0, 0.1) is 17.8 Å². The van der Waals surface area contributed by atoms with E-state index in [0.29, 0.717) is 12.0 Å². The molecule has 19 heavy (non-hydrogen) atoms.